The Morgan fingerprint density at radius 2 is 2.00 bits per heavy atom. The van der Waals surface area contributed by atoms with Gasteiger partial charge in [0.05, 0.1) is 19.2 Å². The van der Waals surface area contributed by atoms with Crippen molar-refractivity contribution in [2.75, 3.05) is 32.6 Å². The van der Waals surface area contributed by atoms with Gasteiger partial charge < -0.3 is 25.4 Å². The van der Waals surface area contributed by atoms with Gasteiger partial charge >= 0.3 is 12.0 Å². The van der Waals surface area contributed by atoms with E-state index in [0.29, 0.717) is 16.5 Å². The lowest BCUT2D eigenvalue weighted by atomic mass is 10.2. The molecule has 0 heterocycles. The summed E-state index contributed by atoms with van der Waals surface area (Å²) in [5, 5.41) is 14.2. The number of nitrogens with one attached hydrogen (secondary N) is 2. The zero-order valence-corrected chi connectivity index (χ0v) is 14.2. The number of rotatable bonds is 8. The Labute approximate surface area is 144 Å². The Morgan fingerprint density at radius 1 is 1.29 bits per heavy atom. The summed E-state index contributed by atoms with van der Waals surface area (Å²) in [6.07, 6.45) is -0.0901. The number of ether oxygens (including phenoxy) is 1. The number of amides is 3. The fraction of sp³-hybridized carbons (Fsp3) is 0.400. The molecule has 24 heavy (non-hydrogen) atoms. The van der Waals surface area contributed by atoms with Crippen molar-refractivity contribution in [1.29, 1.82) is 0 Å². The molecule has 0 unspecified atom stereocenters. The number of halogens is 1. The Morgan fingerprint density at radius 3 is 2.62 bits per heavy atom. The number of methoxy groups -OCH3 is 1. The van der Waals surface area contributed by atoms with Gasteiger partial charge in [-0.25, -0.2) is 4.79 Å². The molecule has 0 saturated carbocycles. The third-order valence-corrected chi connectivity index (χ3v) is 3.31. The molecule has 0 saturated heterocycles. The second-order valence-electron chi connectivity index (χ2n) is 4.94. The smallest absolute Gasteiger partial charge is 0.317 e. The third kappa shape index (κ3) is 6.74. The topological polar surface area (TPSA) is 108 Å². The van der Waals surface area contributed by atoms with E-state index in [0.717, 1.165) is 0 Å². The molecule has 0 radical (unpaired) electrons. The van der Waals surface area contributed by atoms with Crippen molar-refractivity contribution >= 4 is 35.2 Å². The molecule has 1 aromatic carbocycles. The predicted octanol–water partition coefficient (Wildman–Crippen LogP) is 1.79. The van der Waals surface area contributed by atoms with E-state index in [9.17, 15) is 14.4 Å². The average molecular weight is 358 g/mol. The number of anilines is 1. The maximum Gasteiger partial charge on any atom is 0.317 e. The molecule has 0 fully saturated rings. The first kappa shape index (κ1) is 19.6. The molecule has 0 aliphatic rings. The lowest BCUT2D eigenvalue weighted by molar-refractivity contribution is -0.137. The summed E-state index contributed by atoms with van der Waals surface area (Å²) in [6.45, 7) is 0.206. The van der Waals surface area contributed by atoms with Crippen LogP contribution in [0.25, 0.3) is 0 Å². The molecule has 132 valence electrons. The number of carbonyl (C=O) groups excluding carboxylic acids is 2. The van der Waals surface area contributed by atoms with Gasteiger partial charge in [-0.2, -0.15) is 0 Å². The second-order valence-corrected chi connectivity index (χ2v) is 5.38. The highest BCUT2D eigenvalue weighted by Crippen LogP contribution is 2.27. The summed E-state index contributed by atoms with van der Waals surface area (Å²) < 4.78 is 5.12. The van der Waals surface area contributed by atoms with E-state index < -0.39 is 12.0 Å². The Kier molecular flexibility index (Phi) is 7.84. The first-order valence-corrected chi connectivity index (χ1v) is 7.55. The largest absolute Gasteiger partial charge is 0.495 e. The highest BCUT2D eigenvalue weighted by molar-refractivity contribution is 6.31. The summed E-state index contributed by atoms with van der Waals surface area (Å²) in [5.41, 5.74) is 0.444. The fourth-order valence-corrected chi connectivity index (χ4v) is 1.95. The Hall–Kier alpha value is -2.48. The highest BCUT2D eigenvalue weighted by Gasteiger charge is 2.11. The van der Waals surface area contributed by atoms with Crippen molar-refractivity contribution in [1.82, 2.24) is 10.2 Å². The highest BCUT2D eigenvalue weighted by atomic mass is 35.5. The van der Waals surface area contributed by atoms with Crippen LogP contribution < -0.4 is 15.4 Å². The van der Waals surface area contributed by atoms with Crippen LogP contribution in [0.15, 0.2) is 18.2 Å². The number of nitrogens with zero attached hydrogens (tertiary/aromatic N) is 1. The van der Waals surface area contributed by atoms with E-state index in [1.165, 1.54) is 19.1 Å². The minimum atomic E-state index is -0.982. The van der Waals surface area contributed by atoms with Crippen LogP contribution in [0.5, 0.6) is 5.75 Å². The number of benzene rings is 1. The molecular weight excluding hydrogens is 338 g/mol. The second kappa shape index (κ2) is 9.61. The first-order chi connectivity index (χ1) is 11.3. The van der Waals surface area contributed by atoms with Crippen LogP contribution >= 0.6 is 11.6 Å². The predicted molar refractivity (Wildman–Crippen MR) is 89.5 cm³/mol. The van der Waals surface area contributed by atoms with Crippen LogP contribution in [0.1, 0.15) is 12.8 Å². The molecule has 0 atom stereocenters. The maximum absolute atomic E-state index is 11.9. The zero-order valence-electron chi connectivity index (χ0n) is 13.5. The van der Waals surface area contributed by atoms with E-state index in [2.05, 4.69) is 10.6 Å². The summed E-state index contributed by atoms with van der Waals surface area (Å²) in [7, 11) is 2.96. The van der Waals surface area contributed by atoms with Gasteiger partial charge in [0, 0.05) is 31.6 Å². The summed E-state index contributed by atoms with van der Waals surface area (Å²) in [6, 6.07) is 4.40. The fourth-order valence-electron chi connectivity index (χ4n) is 1.77. The quantitative estimate of drug-likeness (QED) is 0.657. The monoisotopic (exact) mass is 357 g/mol. The van der Waals surface area contributed by atoms with Crippen LogP contribution in [0, 0.1) is 0 Å². The van der Waals surface area contributed by atoms with Gasteiger partial charge in [-0.05, 0) is 18.2 Å². The molecule has 1 rings (SSSR count). The van der Waals surface area contributed by atoms with Gasteiger partial charge in [-0.1, -0.05) is 11.6 Å². The van der Waals surface area contributed by atoms with Crippen molar-refractivity contribution in [3.63, 3.8) is 0 Å². The van der Waals surface area contributed by atoms with E-state index in [-0.39, 0.29) is 31.8 Å². The Balaban J connectivity index is 2.40. The first-order valence-electron chi connectivity index (χ1n) is 7.17. The maximum atomic E-state index is 11.9. The lowest BCUT2D eigenvalue weighted by Gasteiger charge is -2.17. The normalized spacial score (nSPS) is 9.96. The summed E-state index contributed by atoms with van der Waals surface area (Å²) in [5.74, 6) is -0.821. The van der Waals surface area contributed by atoms with E-state index in [1.807, 2.05) is 0 Å². The minimum absolute atomic E-state index is 0.0498. The number of hydrogen-bond acceptors (Lipinski definition) is 4. The van der Waals surface area contributed by atoms with Crippen molar-refractivity contribution in [3.05, 3.63) is 23.2 Å². The van der Waals surface area contributed by atoms with Crippen molar-refractivity contribution in [2.45, 2.75) is 12.8 Å². The molecule has 3 N–H and O–H groups in total. The van der Waals surface area contributed by atoms with Crippen LogP contribution in [-0.4, -0.2) is 55.2 Å². The number of carboxylic acids is 1. The van der Waals surface area contributed by atoms with Gasteiger partial charge in [-0.15, -0.1) is 0 Å². The molecule has 0 bridgehead atoms. The molecule has 8 nitrogen and oxygen atoms in total. The van der Waals surface area contributed by atoms with E-state index >= 15 is 0 Å². The number of aliphatic carboxylic acids is 1. The van der Waals surface area contributed by atoms with E-state index in [1.54, 1.807) is 18.2 Å². The van der Waals surface area contributed by atoms with Crippen molar-refractivity contribution in [2.24, 2.45) is 0 Å². The number of carbonyl (C=O) groups is 3. The molecule has 0 aliphatic carbocycles. The molecule has 9 heteroatoms. The van der Waals surface area contributed by atoms with Gasteiger partial charge in [0.25, 0.3) is 0 Å². The molecule has 0 aromatic heterocycles. The molecular formula is C15H20ClN3O5. The van der Waals surface area contributed by atoms with Crippen LogP contribution in [0.4, 0.5) is 10.5 Å². The van der Waals surface area contributed by atoms with Crippen LogP contribution in [-0.2, 0) is 9.59 Å². The van der Waals surface area contributed by atoms with Gasteiger partial charge in [0.2, 0.25) is 5.91 Å². The van der Waals surface area contributed by atoms with Crippen molar-refractivity contribution < 1.29 is 24.2 Å². The van der Waals surface area contributed by atoms with E-state index in [4.69, 9.17) is 21.4 Å². The summed E-state index contributed by atoms with van der Waals surface area (Å²) >= 11 is 5.88. The molecule has 0 aliphatic heterocycles. The average Bonchev–Trinajstić information content (AvgIpc) is 2.52. The molecule has 0 spiro atoms. The SMILES string of the molecule is COc1ccc(Cl)cc1NC(=O)CCNC(=O)N(C)CCC(=O)O. The standard InChI is InChI=1S/C15H20ClN3O5/c1-19(8-6-14(21)22)15(23)17-7-5-13(20)18-11-9-10(16)3-4-12(11)24-2/h3-4,9H,5-8H2,1-2H3,(H,17,23)(H,18,20)(H,21,22). The minimum Gasteiger partial charge on any atom is -0.495 e. The third-order valence-electron chi connectivity index (χ3n) is 3.07. The van der Waals surface area contributed by atoms with Gasteiger partial charge in [0.1, 0.15) is 5.75 Å². The number of urea groups is 1. The zero-order chi connectivity index (χ0) is 18.1. The van der Waals surface area contributed by atoms with Gasteiger partial charge in [0.15, 0.2) is 0 Å². The Bertz CT molecular complexity index is 609. The molecule has 1 aromatic rings. The number of carboxylic acid groups (broad SMARTS) is 1. The van der Waals surface area contributed by atoms with Crippen LogP contribution in [0.2, 0.25) is 5.02 Å². The lowest BCUT2D eigenvalue weighted by Crippen LogP contribution is -2.39. The van der Waals surface area contributed by atoms with Gasteiger partial charge in [-0.3, -0.25) is 9.59 Å². The van der Waals surface area contributed by atoms with Crippen LogP contribution in [0.3, 0.4) is 0 Å². The molecule has 3 amide bonds. The van der Waals surface area contributed by atoms with Crippen molar-refractivity contribution in [3.8, 4) is 5.75 Å². The summed E-state index contributed by atoms with van der Waals surface area (Å²) in [4.78, 5) is 35.3. The number of hydrogen-bond donors (Lipinski definition) is 3.